The van der Waals surface area contributed by atoms with Crippen LogP contribution in [0.5, 0.6) is 5.88 Å². The summed E-state index contributed by atoms with van der Waals surface area (Å²) >= 11 is 0. The van der Waals surface area contributed by atoms with E-state index in [-0.39, 0.29) is 18.5 Å². The van der Waals surface area contributed by atoms with E-state index in [1.54, 1.807) is 0 Å². The van der Waals surface area contributed by atoms with E-state index < -0.39 is 5.82 Å². The van der Waals surface area contributed by atoms with Gasteiger partial charge in [0.25, 0.3) is 5.88 Å². The Kier molecular flexibility index (Phi) is 3.72. The zero-order valence-corrected chi connectivity index (χ0v) is 13.2. The maximum absolute atomic E-state index is 13.6. The Morgan fingerprint density at radius 3 is 2.96 bits per heavy atom. The number of hydrogen-bond acceptors (Lipinski definition) is 5. The van der Waals surface area contributed by atoms with Crippen LogP contribution in [0.4, 0.5) is 4.39 Å². The van der Waals surface area contributed by atoms with Crippen LogP contribution in [-0.4, -0.2) is 37.7 Å². The van der Waals surface area contributed by atoms with Gasteiger partial charge in [-0.05, 0) is 37.8 Å². The van der Waals surface area contributed by atoms with Gasteiger partial charge in [0.05, 0.1) is 6.04 Å². The summed E-state index contributed by atoms with van der Waals surface area (Å²) in [6, 6.07) is 3.13. The largest absolute Gasteiger partial charge is 0.467 e. The summed E-state index contributed by atoms with van der Waals surface area (Å²) in [6.45, 7) is 5.34. The lowest BCUT2D eigenvalue weighted by molar-refractivity contribution is 0.153. The van der Waals surface area contributed by atoms with Gasteiger partial charge in [0, 0.05) is 25.8 Å². The van der Waals surface area contributed by atoms with Crippen molar-refractivity contribution < 1.29 is 9.13 Å². The van der Waals surface area contributed by atoms with E-state index in [0.717, 1.165) is 37.2 Å². The van der Waals surface area contributed by atoms with Crippen molar-refractivity contribution in [1.82, 2.24) is 24.6 Å². The quantitative estimate of drug-likeness (QED) is 0.846. The van der Waals surface area contributed by atoms with Crippen molar-refractivity contribution in [3.05, 3.63) is 35.8 Å². The van der Waals surface area contributed by atoms with Crippen LogP contribution in [0.3, 0.4) is 0 Å². The van der Waals surface area contributed by atoms with Gasteiger partial charge in [-0.3, -0.25) is 4.90 Å². The second-order valence-corrected chi connectivity index (χ2v) is 6.32. The summed E-state index contributed by atoms with van der Waals surface area (Å²) < 4.78 is 21.1. The third-order valence-corrected chi connectivity index (χ3v) is 4.64. The number of pyridine rings is 1. The molecule has 0 aromatic carbocycles. The minimum atomic E-state index is -0.463. The summed E-state index contributed by atoms with van der Waals surface area (Å²) in [6.07, 6.45) is 4.21. The molecule has 23 heavy (non-hydrogen) atoms. The zero-order valence-electron chi connectivity index (χ0n) is 13.2. The Hall–Kier alpha value is -2.02. The van der Waals surface area contributed by atoms with E-state index in [2.05, 4.69) is 31.6 Å². The Labute approximate surface area is 134 Å². The Balaban J connectivity index is 1.46. The zero-order chi connectivity index (χ0) is 15.8. The van der Waals surface area contributed by atoms with E-state index in [4.69, 9.17) is 4.74 Å². The number of aromatic nitrogens is 4. The molecule has 1 fully saturated rings. The molecule has 0 radical (unpaired) electrons. The topological polar surface area (TPSA) is 56.1 Å². The summed E-state index contributed by atoms with van der Waals surface area (Å²) in [5, 5.41) is 8.56. The van der Waals surface area contributed by atoms with Crippen molar-refractivity contribution in [2.75, 3.05) is 13.1 Å². The molecule has 0 N–H and O–H groups in total. The van der Waals surface area contributed by atoms with E-state index in [1.807, 2.05) is 0 Å². The lowest BCUT2D eigenvalue weighted by atomic mass is 10.2. The van der Waals surface area contributed by atoms with Gasteiger partial charge in [-0.15, -0.1) is 10.2 Å². The molecule has 1 aliphatic carbocycles. The molecular formula is C16H20FN5O. The van der Waals surface area contributed by atoms with Crippen LogP contribution in [0.1, 0.15) is 37.5 Å². The van der Waals surface area contributed by atoms with Gasteiger partial charge in [-0.25, -0.2) is 9.37 Å². The highest BCUT2D eigenvalue weighted by Crippen LogP contribution is 2.33. The lowest BCUT2D eigenvalue weighted by Crippen LogP contribution is -2.38. The van der Waals surface area contributed by atoms with Crippen LogP contribution in [-0.2, 0) is 13.2 Å². The average molecular weight is 317 g/mol. The molecular weight excluding hydrogens is 297 g/mol. The fourth-order valence-corrected chi connectivity index (χ4v) is 3.09. The highest BCUT2D eigenvalue weighted by atomic mass is 19.1. The summed E-state index contributed by atoms with van der Waals surface area (Å²) in [5.41, 5.74) is 0. The van der Waals surface area contributed by atoms with Gasteiger partial charge in [0.1, 0.15) is 12.4 Å². The minimum Gasteiger partial charge on any atom is -0.467 e. The molecule has 0 unspecified atom stereocenters. The van der Waals surface area contributed by atoms with Crippen LogP contribution in [0.2, 0.25) is 0 Å². The third kappa shape index (κ3) is 2.93. The summed E-state index contributed by atoms with van der Waals surface area (Å²) in [4.78, 5) is 6.37. The van der Waals surface area contributed by atoms with Crippen molar-refractivity contribution in [2.24, 2.45) is 5.92 Å². The first-order valence-electron chi connectivity index (χ1n) is 8.11. The molecule has 1 saturated carbocycles. The number of ether oxygens (including phenoxy) is 1. The second kappa shape index (κ2) is 5.88. The van der Waals surface area contributed by atoms with Crippen molar-refractivity contribution >= 4 is 0 Å². The van der Waals surface area contributed by atoms with Crippen molar-refractivity contribution in [3.8, 4) is 5.88 Å². The standard InChI is InChI=1S/C16H20FN5O/c1-11-15-20-19-14(10-23-16-13(17)3-2-6-18-16)22(15)8-7-21(11)9-12-4-5-12/h2-3,6,11-12H,4-5,7-10H2,1H3/t11-/m1/s1. The Morgan fingerprint density at radius 1 is 1.30 bits per heavy atom. The van der Waals surface area contributed by atoms with Crippen LogP contribution in [0.15, 0.2) is 18.3 Å². The van der Waals surface area contributed by atoms with Crippen molar-refractivity contribution in [3.63, 3.8) is 0 Å². The average Bonchev–Trinajstić information content (AvgIpc) is 3.27. The van der Waals surface area contributed by atoms with Gasteiger partial charge >= 0.3 is 0 Å². The molecule has 2 aromatic heterocycles. The molecule has 0 bridgehead atoms. The molecule has 2 aromatic rings. The van der Waals surface area contributed by atoms with E-state index >= 15 is 0 Å². The van der Waals surface area contributed by atoms with Crippen molar-refractivity contribution in [1.29, 1.82) is 0 Å². The molecule has 3 heterocycles. The van der Waals surface area contributed by atoms with Gasteiger partial charge in [-0.2, -0.15) is 0 Å². The fourth-order valence-electron chi connectivity index (χ4n) is 3.09. The Bertz CT molecular complexity index is 700. The molecule has 6 nitrogen and oxygen atoms in total. The highest BCUT2D eigenvalue weighted by molar-refractivity contribution is 5.13. The first-order valence-corrected chi connectivity index (χ1v) is 8.11. The number of fused-ring (bicyclic) bond motifs is 1. The van der Waals surface area contributed by atoms with Crippen molar-refractivity contribution in [2.45, 2.75) is 39.0 Å². The SMILES string of the molecule is C[C@@H]1c2nnc(COc3ncccc3F)n2CCN1CC1CC1. The number of halogens is 1. The van der Waals surface area contributed by atoms with E-state index in [9.17, 15) is 4.39 Å². The molecule has 4 rings (SSSR count). The first-order chi connectivity index (χ1) is 11.2. The monoisotopic (exact) mass is 317 g/mol. The van der Waals surface area contributed by atoms with Gasteiger partial charge in [-0.1, -0.05) is 0 Å². The van der Waals surface area contributed by atoms with Gasteiger partial charge in [0.2, 0.25) is 0 Å². The predicted octanol–water partition coefficient (Wildman–Crippen LogP) is 2.18. The number of hydrogen-bond donors (Lipinski definition) is 0. The normalized spacial score (nSPS) is 21.2. The molecule has 2 aliphatic rings. The molecule has 1 aliphatic heterocycles. The van der Waals surface area contributed by atoms with Crippen LogP contribution in [0.25, 0.3) is 0 Å². The Morgan fingerprint density at radius 2 is 2.17 bits per heavy atom. The predicted molar refractivity (Wildman–Crippen MR) is 81.3 cm³/mol. The molecule has 0 saturated heterocycles. The maximum atomic E-state index is 13.6. The maximum Gasteiger partial charge on any atom is 0.250 e. The van der Waals surface area contributed by atoms with Crippen LogP contribution >= 0.6 is 0 Å². The van der Waals surface area contributed by atoms with E-state index in [0.29, 0.717) is 0 Å². The third-order valence-electron chi connectivity index (χ3n) is 4.64. The number of nitrogens with zero attached hydrogens (tertiary/aromatic N) is 5. The molecule has 0 spiro atoms. The molecule has 7 heteroatoms. The number of rotatable bonds is 5. The first kappa shape index (κ1) is 14.6. The fraction of sp³-hybridized carbons (Fsp3) is 0.562. The minimum absolute atomic E-state index is 0.00377. The summed E-state index contributed by atoms with van der Waals surface area (Å²) in [5.74, 6) is 2.10. The van der Waals surface area contributed by atoms with Crippen LogP contribution < -0.4 is 4.74 Å². The molecule has 0 amide bonds. The molecule has 1 atom stereocenters. The van der Waals surface area contributed by atoms with Crippen LogP contribution in [0, 0.1) is 11.7 Å². The summed E-state index contributed by atoms with van der Waals surface area (Å²) in [7, 11) is 0. The van der Waals surface area contributed by atoms with Gasteiger partial charge in [0.15, 0.2) is 11.6 Å². The highest BCUT2D eigenvalue weighted by Gasteiger charge is 2.32. The second-order valence-electron chi connectivity index (χ2n) is 6.32. The smallest absolute Gasteiger partial charge is 0.250 e. The molecule has 122 valence electrons. The lowest BCUT2D eigenvalue weighted by Gasteiger charge is -2.33. The van der Waals surface area contributed by atoms with Gasteiger partial charge < -0.3 is 9.30 Å². The van der Waals surface area contributed by atoms with E-state index in [1.165, 1.54) is 31.2 Å².